The molecule has 39 heavy (non-hydrogen) atoms. The molecule has 2 aliphatic heterocycles. The Morgan fingerprint density at radius 2 is 1.59 bits per heavy atom. The van der Waals surface area contributed by atoms with Crippen molar-refractivity contribution in [3.05, 3.63) is 101 Å². The van der Waals surface area contributed by atoms with Gasteiger partial charge in [-0.2, -0.15) is 0 Å². The maximum atomic E-state index is 12.8. The van der Waals surface area contributed by atoms with Gasteiger partial charge in [-0.25, -0.2) is 0 Å². The summed E-state index contributed by atoms with van der Waals surface area (Å²) in [5.41, 5.74) is 4.16. The SMILES string of the molecule is C[C@@H]1[C@H](CN2CCCCCCC2)O[C@H](c2cccc(NC(=O)c3ccccc3)c2)O[C@@H]1c1ccc(CO)cc1. The minimum absolute atomic E-state index is 0.00624. The van der Waals surface area contributed by atoms with E-state index in [2.05, 4.69) is 29.3 Å². The molecule has 2 fully saturated rings. The van der Waals surface area contributed by atoms with Gasteiger partial charge in [-0.15, -0.1) is 0 Å². The first-order chi connectivity index (χ1) is 19.1. The van der Waals surface area contributed by atoms with Crippen LogP contribution in [-0.2, 0) is 16.1 Å². The molecule has 0 spiro atoms. The van der Waals surface area contributed by atoms with Crippen molar-refractivity contribution < 1.29 is 19.4 Å². The van der Waals surface area contributed by atoms with Crippen LogP contribution in [0.5, 0.6) is 0 Å². The van der Waals surface area contributed by atoms with Crippen molar-refractivity contribution in [3.8, 4) is 0 Å². The molecule has 206 valence electrons. The third-order valence-electron chi connectivity index (χ3n) is 7.96. The third-order valence-corrected chi connectivity index (χ3v) is 7.96. The number of aliphatic hydroxyl groups excluding tert-OH is 1. The van der Waals surface area contributed by atoms with E-state index in [1.54, 1.807) is 12.1 Å². The number of nitrogens with zero attached hydrogens (tertiary/aromatic N) is 1. The second-order valence-electron chi connectivity index (χ2n) is 10.8. The molecule has 2 heterocycles. The van der Waals surface area contributed by atoms with Crippen molar-refractivity contribution in [2.75, 3.05) is 25.0 Å². The van der Waals surface area contributed by atoms with Gasteiger partial charge in [-0.05, 0) is 61.3 Å². The number of benzene rings is 3. The van der Waals surface area contributed by atoms with Gasteiger partial charge in [0.2, 0.25) is 0 Å². The van der Waals surface area contributed by atoms with Gasteiger partial charge in [0.15, 0.2) is 6.29 Å². The highest BCUT2D eigenvalue weighted by atomic mass is 16.7. The predicted octanol–water partition coefficient (Wildman–Crippen LogP) is 6.49. The monoisotopic (exact) mass is 528 g/mol. The highest BCUT2D eigenvalue weighted by molar-refractivity contribution is 6.04. The Labute approximate surface area is 232 Å². The highest BCUT2D eigenvalue weighted by Gasteiger charge is 2.39. The van der Waals surface area contributed by atoms with Crippen molar-refractivity contribution >= 4 is 11.6 Å². The van der Waals surface area contributed by atoms with Crippen LogP contribution in [0.2, 0.25) is 0 Å². The third kappa shape index (κ3) is 7.14. The van der Waals surface area contributed by atoms with Crippen molar-refractivity contribution in [1.29, 1.82) is 0 Å². The zero-order valence-corrected chi connectivity index (χ0v) is 22.8. The van der Waals surface area contributed by atoms with Crippen LogP contribution in [0.3, 0.4) is 0 Å². The van der Waals surface area contributed by atoms with Crippen molar-refractivity contribution in [2.45, 2.75) is 64.1 Å². The van der Waals surface area contributed by atoms with E-state index < -0.39 is 6.29 Å². The average molecular weight is 529 g/mol. The van der Waals surface area contributed by atoms with Gasteiger partial charge in [0, 0.05) is 29.3 Å². The van der Waals surface area contributed by atoms with E-state index in [0.29, 0.717) is 11.3 Å². The van der Waals surface area contributed by atoms with Gasteiger partial charge in [-0.3, -0.25) is 4.79 Å². The highest BCUT2D eigenvalue weighted by Crippen LogP contribution is 2.42. The Morgan fingerprint density at radius 1 is 0.872 bits per heavy atom. The van der Waals surface area contributed by atoms with E-state index >= 15 is 0 Å². The normalized spacial score (nSPS) is 24.5. The Hall–Kier alpha value is -3.03. The smallest absolute Gasteiger partial charge is 0.255 e. The number of likely N-dealkylation sites (tertiary alicyclic amines) is 1. The zero-order chi connectivity index (χ0) is 27.0. The van der Waals surface area contributed by atoms with Crippen LogP contribution in [-0.4, -0.2) is 41.7 Å². The van der Waals surface area contributed by atoms with E-state index in [0.717, 1.165) is 36.3 Å². The van der Waals surface area contributed by atoms with Gasteiger partial charge < -0.3 is 24.8 Å². The lowest BCUT2D eigenvalue weighted by molar-refractivity contribution is -0.276. The van der Waals surface area contributed by atoms with Gasteiger partial charge >= 0.3 is 0 Å². The van der Waals surface area contributed by atoms with E-state index in [4.69, 9.17) is 9.47 Å². The number of rotatable bonds is 7. The standard InChI is InChI=1S/C33H40N2O4/c1-24-30(22-35-19-8-3-2-4-9-20-35)38-33(39-31(24)26-17-15-25(23-36)16-18-26)28-13-10-14-29(21-28)34-32(37)27-11-6-5-7-12-27/h5-7,10-18,21,24,30-31,33,36H,2-4,8-9,19-20,22-23H2,1H3,(H,34,37)/t24-,30+,31+,33+/m1/s1. The summed E-state index contributed by atoms with van der Waals surface area (Å²) in [6, 6.07) is 25.0. The summed E-state index contributed by atoms with van der Waals surface area (Å²) >= 11 is 0. The number of aliphatic hydroxyl groups is 1. The summed E-state index contributed by atoms with van der Waals surface area (Å²) in [7, 11) is 0. The Morgan fingerprint density at radius 3 is 2.31 bits per heavy atom. The van der Waals surface area contributed by atoms with Gasteiger partial charge in [0.05, 0.1) is 18.8 Å². The summed E-state index contributed by atoms with van der Waals surface area (Å²) in [6.07, 6.45) is 5.68. The van der Waals surface area contributed by atoms with E-state index in [1.165, 1.54) is 32.1 Å². The number of carbonyl (C=O) groups is 1. The molecule has 0 aromatic heterocycles. The molecule has 0 aliphatic carbocycles. The Balaban J connectivity index is 1.38. The second kappa shape index (κ2) is 13.4. The first-order valence-corrected chi connectivity index (χ1v) is 14.3. The number of ether oxygens (including phenoxy) is 2. The Kier molecular flexibility index (Phi) is 9.43. The lowest BCUT2D eigenvalue weighted by atomic mass is 9.89. The number of anilines is 1. The first-order valence-electron chi connectivity index (χ1n) is 14.3. The second-order valence-corrected chi connectivity index (χ2v) is 10.8. The number of hydrogen-bond donors (Lipinski definition) is 2. The number of amides is 1. The molecule has 0 unspecified atom stereocenters. The first kappa shape index (κ1) is 27.5. The van der Waals surface area contributed by atoms with Gasteiger partial charge in [0.25, 0.3) is 5.91 Å². The summed E-state index contributed by atoms with van der Waals surface area (Å²) in [5, 5.41) is 12.5. The molecule has 3 aromatic carbocycles. The van der Waals surface area contributed by atoms with Crippen LogP contribution in [0.4, 0.5) is 5.69 Å². The van der Waals surface area contributed by atoms with Gasteiger partial charge in [-0.1, -0.05) is 80.8 Å². The van der Waals surface area contributed by atoms with Crippen LogP contribution in [0, 0.1) is 5.92 Å². The van der Waals surface area contributed by atoms with Crippen LogP contribution < -0.4 is 5.32 Å². The average Bonchev–Trinajstić information content (AvgIpc) is 2.96. The minimum Gasteiger partial charge on any atom is -0.392 e. The lowest BCUT2D eigenvalue weighted by Gasteiger charge is -2.43. The molecule has 0 saturated carbocycles. The molecule has 0 bridgehead atoms. The molecule has 6 heteroatoms. The molecule has 5 rings (SSSR count). The molecule has 1 amide bonds. The van der Waals surface area contributed by atoms with E-state index in [-0.39, 0.29) is 30.6 Å². The van der Waals surface area contributed by atoms with Crippen LogP contribution in [0.15, 0.2) is 78.9 Å². The predicted molar refractivity (Wildman–Crippen MR) is 153 cm³/mol. The molecule has 0 radical (unpaired) electrons. The van der Waals surface area contributed by atoms with Crippen molar-refractivity contribution in [3.63, 3.8) is 0 Å². The van der Waals surface area contributed by atoms with E-state index in [9.17, 15) is 9.90 Å². The molecule has 4 atom stereocenters. The van der Waals surface area contributed by atoms with Crippen LogP contribution in [0.1, 0.15) is 78.5 Å². The van der Waals surface area contributed by atoms with E-state index in [1.807, 2.05) is 54.6 Å². The molecular weight excluding hydrogens is 488 g/mol. The van der Waals surface area contributed by atoms with Crippen LogP contribution in [0.25, 0.3) is 0 Å². The lowest BCUT2D eigenvalue weighted by Crippen LogP contribution is -2.45. The quantitative estimate of drug-likeness (QED) is 0.367. The minimum atomic E-state index is -0.558. The summed E-state index contributed by atoms with van der Waals surface area (Å²) in [4.78, 5) is 15.3. The van der Waals surface area contributed by atoms with Crippen molar-refractivity contribution in [1.82, 2.24) is 4.90 Å². The summed E-state index contributed by atoms with van der Waals surface area (Å²) < 4.78 is 13.3. The number of nitrogens with one attached hydrogen (secondary N) is 1. The topological polar surface area (TPSA) is 71.0 Å². The molecule has 2 saturated heterocycles. The maximum Gasteiger partial charge on any atom is 0.255 e. The summed E-state index contributed by atoms with van der Waals surface area (Å²) in [5.74, 6) is -0.00343. The molecule has 3 aromatic rings. The fraction of sp³-hybridized carbons (Fsp3) is 0.424. The number of carbonyl (C=O) groups excluding carboxylic acids is 1. The van der Waals surface area contributed by atoms with Crippen LogP contribution >= 0.6 is 0 Å². The molecule has 2 aliphatic rings. The van der Waals surface area contributed by atoms with Gasteiger partial charge in [0.1, 0.15) is 0 Å². The molecule has 2 N–H and O–H groups in total. The maximum absolute atomic E-state index is 12.8. The summed E-state index contributed by atoms with van der Waals surface area (Å²) in [6.45, 7) is 5.32. The largest absolute Gasteiger partial charge is 0.392 e. The fourth-order valence-corrected chi connectivity index (χ4v) is 5.63. The Bertz CT molecular complexity index is 1190. The fourth-order valence-electron chi connectivity index (χ4n) is 5.63. The molecule has 6 nitrogen and oxygen atoms in total. The number of hydrogen-bond acceptors (Lipinski definition) is 5. The van der Waals surface area contributed by atoms with Crippen molar-refractivity contribution in [2.24, 2.45) is 5.92 Å². The zero-order valence-electron chi connectivity index (χ0n) is 22.8. The molecular formula is C33H40N2O4.